The van der Waals surface area contributed by atoms with Crippen molar-refractivity contribution in [3.63, 3.8) is 0 Å². The molecule has 1 atom stereocenters. The third-order valence-corrected chi connectivity index (χ3v) is 5.09. The van der Waals surface area contributed by atoms with Crippen LogP contribution in [-0.2, 0) is 0 Å². The van der Waals surface area contributed by atoms with E-state index >= 15 is 0 Å². The first-order valence-electron chi connectivity index (χ1n) is 9.90. The van der Waals surface area contributed by atoms with Gasteiger partial charge in [-0.2, -0.15) is 0 Å². The molecule has 0 fully saturated rings. The van der Waals surface area contributed by atoms with Gasteiger partial charge < -0.3 is 24.7 Å². The predicted molar refractivity (Wildman–Crippen MR) is 113 cm³/mol. The Kier molecular flexibility index (Phi) is 4.50. The molecule has 0 aliphatic carbocycles. The lowest BCUT2D eigenvalue weighted by Gasteiger charge is -2.24. The number of nitrogens with zero attached hydrogens (tertiary/aromatic N) is 3. The van der Waals surface area contributed by atoms with E-state index in [0.717, 1.165) is 23.0 Å². The summed E-state index contributed by atoms with van der Waals surface area (Å²) in [6.07, 6.45) is 0.426. The number of nitrogens with two attached hydrogens (primary N) is 1. The zero-order chi connectivity index (χ0) is 20.7. The summed E-state index contributed by atoms with van der Waals surface area (Å²) < 4.78 is 24.8. The molecule has 3 heterocycles. The van der Waals surface area contributed by atoms with Crippen LogP contribution in [0.15, 0.2) is 35.3 Å². The normalized spacial score (nSPS) is 17.5. The van der Waals surface area contributed by atoms with Crippen molar-refractivity contribution in [3.8, 4) is 23.0 Å². The molecule has 9 heteroatoms. The van der Waals surface area contributed by atoms with Gasteiger partial charge in [-0.3, -0.25) is 9.88 Å². The van der Waals surface area contributed by atoms with Gasteiger partial charge >= 0.3 is 0 Å². The molecule has 1 unspecified atom stereocenters. The summed E-state index contributed by atoms with van der Waals surface area (Å²) in [6, 6.07) is 9.60. The molecule has 3 aromatic rings. The fourth-order valence-corrected chi connectivity index (χ4v) is 3.77. The Morgan fingerprint density at radius 1 is 1.17 bits per heavy atom. The maximum absolute atomic E-state index is 6.07. The van der Waals surface area contributed by atoms with Crippen molar-refractivity contribution in [1.82, 2.24) is 9.55 Å². The summed E-state index contributed by atoms with van der Waals surface area (Å²) in [5, 5.41) is 3.05. The van der Waals surface area contributed by atoms with E-state index in [1.165, 1.54) is 0 Å². The van der Waals surface area contributed by atoms with Gasteiger partial charge in [0.25, 0.3) is 0 Å². The minimum Gasteiger partial charge on any atom is -0.493 e. The van der Waals surface area contributed by atoms with Gasteiger partial charge in [0.05, 0.1) is 38.0 Å². The number of methoxy groups -OCH3 is 1. The van der Waals surface area contributed by atoms with E-state index in [1.807, 2.05) is 41.8 Å². The monoisotopic (exact) mass is 409 g/mol. The fourth-order valence-electron chi connectivity index (χ4n) is 3.77. The first-order valence-corrected chi connectivity index (χ1v) is 9.90. The Balaban J connectivity index is 1.65. The Bertz CT molecular complexity index is 1140. The number of guanidine groups is 1. The number of aliphatic imine (C=N–C) groups is 1. The summed E-state index contributed by atoms with van der Waals surface area (Å²) >= 11 is 0. The van der Waals surface area contributed by atoms with Gasteiger partial charge in [0.2, 0.25) is 5.95 Å². The lowest BCUT2D eigenvalue weighted by molar-refractivity contribution is 0.297. The van der Waals surface area contributed by atoms with Crippen LogP contribution in [-0.4, -0.2) is 42.4 Å². The van der Waals surface area contributed by atoms with Gasteiger partial charge in [0.15, 0.2) is 35.1 Å². The number of aromatic nitrogens is 2. The molecule has 2 aliphatic rings. The number of imidazole rings is 1. The van der Waals surface area contributed by atoms with E-state index in [1.54, 1.807) is 7.11 Å². The second-order valence-electron chi connectivity index (χ2n) is 7.00. The van der Waals surface area contributed by atoms with Crippen molar-refractivity contribution < 1.29 is 18.9 Å². The lowest BCUT2D eigenvalue weighted by Crippen LogP contribution is -2.31. The molecule has 5 rings (SSSR count). The van der Waals surface area contributed by atoms with Gasteiger partial charge in [-0.05, 0) is 19.1 Å². The maximum atomic E-state index is 6.07. The van der Waals surface area contributed by atoms with Crippen molar-refractivity contribution in [2.45, 2.75) is 19.5 Å². The Hall–Kier alpha value is -3.62. The van der Waals surface area contributed by atoms with Crippen LogP contribution in [0.2, 0.25) is 0 Å². The predicted octanol–water partition coefficient (Wildman–Crippen LogP) is 2.89. The van der Waals surface area contributed by atoms with Gasteiger partial charge in [0, 0.05) is 24.1 Å². The Labute approximate surface area is 173 Å². The van der Waals surface area contributed by atoms with Crippen LogP contribution in [0.3, 0.4) is 0 Å². The highest BCUT2D eigenvalue weighted by Gasteiger charge is 2.27. The van der Waals surface area contributed by atoms with Crippen LogP contribution >= 0.6 is 0 Å². The quantitative estimate of drug-likeness (QED) is 0.683. The zero-order valence-electron chi connectivity index (χ0n) is 16.8. The number of hydrogen-bond donors (Lipinski definition) is 2. The SMILES string of the molecule is CCOc1ccc(C2N=C(N)Nc3nc4cc5c(cc4n32)OCCCO5)cc1OC. The lowest BCUT2D eigenvalue weighted by atomic mass is 10.1. The summed E-state index contributed by atoms with van der Waals surface area (Å²) in [6.45, 7) is 3.72. The van der Waals surface area contributed by atoms with Crippen molar-refractivity contribution in [2.24, 2.45) is 10.7 Å². The standard InChI is InChI=1S/C21H23N5O4/c1-3-28-15-6-5-12(9-16(15)27-2)19-24-20(22)25-21-23-13-10-17-18(11-14(13)26(19)21)30-8-4-7-29-17/h5-6,9-11,19H,3-4,7-8H2,1-2H3,(H3,22,23,24,25). The number of anilines is 1. The smallest absolute Gasteiger partial charge is 0.212 e. The second kappa shape index (κ2) is 7.33. The minimum absolute atomic E-state index is 0.296. The summed E-state index contributed by atoms with van der Waals surface area (Å²) in [7, 11) is 1.62. The van der Waals surface area contributed by atoms with Gasteiger partial charge in [-0.15, -0.1) is 0 Å². The third-order valence-electron chi connectivity index (χ3n) is 5.09. The molecule has 0 amide bonds. The molecule has 9 nitrogen and oxygen atoms in total. The summed E-state index contributed by atoms with van der Waals surface area (Å²) in [5.74, 6) is 3.62. The van der Waals surface area contributed by atoms with Gasteiger partial charge in [-0.25, -0.2) is 9.98 Å². The molecule has 0 bridgehead atoms. The van der Waals surface area contributed by atoms with E-state index in [-0.39, 0.29) is 0 Å². The van der Waals surface area contributed by atoms with Crippen molar-refractivity contribution in [3.05, 3.63) is 35.9 Å². The highest BCUT2D eigenvalue weighted by Crippen LogP contribution is 2.40. The zero-order valence-corrected chi connectivity index (χ0v) is 16.8. The molecule has 156 valence electrons. The van der Waals surface area contributed by atoms with Crippen molar-refractivity contribution >= 4 is 22.9 Å². The highest BCUT2D eigenvalue weighted by atomic mass is 16.5. The highest BCUT2D eigenvalue weighted by molar-refractivity contribution is 5.95. The van der Waals surface area contributed by atoms with Crippen molar-refractivity contribution in [2.75, 3.05) is 32.2 Å². The molecule has 0 spiro atoms. The average Bonchev–Trinajstić information content (AvgIpc) is 2.93. The third kappa shape index (κ3) is 3.02. The van der Waals surface area contributed by atoms with Gasteiger partial charge in [0.1, 0.15) is 0 Å². The number of benzene rings is 2. The number of nitrogens with one attached hydrogen (secondary N) is 1. The van der Waals surface area contributed by atoms with Gasteiger partial charge in [-0.1, -0.05) is 6.07 Å². The van der Waals surface area contributed by atoms with Crippen LogP contribution in [0.5, 0.6) is 23.0 Å². The fraction of sp³-hybridized carbons (Fsp3) is 0.333. The van der Waals surface area contributed by atoms with Crippen LogP contribution in [0.1, 0.15) is 25.1 Å². The topological polar surface area (TPSA) is 105 Å². The Morgan fingerprint density at radius 2 is 1.97 bits per heavy atom. The number of ether oxygens (including phenoxy) is 4. The molecule has 0 saturated carbocycles. The molecule has 0 saturated heterocycles. The molecule has 3 N–H and O–H groups in total. The molecular formula is C21H23N5O4. The van der Waals surface area contributed by atoms with Crippen LogP contribution < -0.4 is 30.0 Å². The van der Waals surface area contributed by atoms with E-state index in [2.05, 4.69) is 10.3 Å². The molecule has 2 aliphatic heterocycles. The first-order chi connectivity index (χ1) is 14.7. The summed E-state index contributed by atoms with van der Waals surface area (Å²) in [5.41, 5.74) is 8.61. The van der Waals surface area contributed by atoms with E-state index in [4.69, 9.17) is 29.7 Å². The van der Waals surface area contributed by atoms with Crippen molar-refractivity contribution in [1.29, 1.82) is 0 Å². The van der Waals surface area contributed by atoms with E-state index in [0.29, 0.717) is 54.7 Å². The van der Waals surface area contributed by atoms with Crippen LogP contribution in [0.4, 0.5) is 5.95 Å². The van der Waals surface area contributed by atoms with E-state index < -0.39 is 6.17 Å². The first kappa shape index (κ1) is 18.4. The van der Waals surface area contributed by atoms with Crippen LogP contribution in [0.25, 0.3) is 11.0 Å². The van der Waals surface area contributed by atoms with Crippen LogP contribution in [0, 0.1) is 0 Å². The minimum atomic E-state index is -0.416. The maximum Gasteiger partial charge on any atom is 0.212 e. The Morgan fingerprint density at radius 3 is 2.73 bits per heavy atom. The number of fused-ring (bicyclic) bond motifs is 4. The second-order valence-corrected chi connectivity index (χ2v) is 7.00. The molecule has 30 heavy (non-hydrogen) atoms. The number of hydrogen-bond acceptors (Lipinski definition) is 8. The van der Waals surface area contributed by atoms with E-state index in [9.17, 15) is 0 Å². The largest absolute Gasteiger partial charge is 0.493 e. The molecule has 0 radical (unpaired) electrons. The number of rotatable bonds is 4. The summed E-state index contributed by atoms with van der Waals surface area (Å²) in [4.78, 5) is 9.34. The average molecular weight is 409 g/mol. The molecular weight excluding hydrogens is 386 g/mol. The molecule has 1 aromatic heterocycles. The molecule has 2 aromatic carbocycles.